The monoisotopic (exact) mass is 210 g/mol. The Morgan fingerprint density at radius 3 is 2.67 bits per heavy atom. The fourth-order valence-corrected chi connectivity index (χ4v) is 3.37. The van der Waals surface area contributed by atoms with E-state index in [1.165, 1.54) is 51.6 Å². The van der Waals surface area contributed by atoms with Gasteiger partial charge < -0.3 is 5.73 Å². The minimum atomic E-state index is 0.778. The van der Waals surface area contributed by atoms with E-state index < -0.39 is 0 Å². The van der Waals surface area contributed by atoms with Crippen LogP contribution in [0.5, 0.6) is 0 Å². The summed E-state index contributed by atoms with van der Waals surface area (Å²) in [6, 6.07) is 0.865. The number of likely N-dealkylation sites (tertiary alicyclic amines) is 1. The predicted octanol–water partition coefficient (Wildman–Crippen LogP) is 2.24. The molecule has 1 saturated carbocycles. The first-order chi connectivity index (χ1) is 7.31. The zero-order chi connectivity index (χ0) is 10.7. The van der Waals surface area contributed by atoms with Crippen LogP contribution >= 0.6 is 0 Å². The third kappa shape index (κ3) is 2.73. The van der Waals surface area contributed by atoms with Crippen molar-refractivity contribution in [1.29, 1.82) is 0 Å². The maximum absolute atomic E-state index is 5.76. The van der Waals surface area contributed by atoms with E-state index in [0.29, 0.717) is 0 Å². The molecule has 1 saturated heterocycles. The highest BCUT2D eigenvalue weighted by atomic mass is 15.2. The maximum atomic E-state index is 5.76. The summed E-state index contributed by atoms with van der Waals surface area (Å²) in [6.07, 6.45) is 8.55. The van der Waals surface area contributed by atoms with Crippen molar-refractivity contribution >= 4 is 0 Å². The molecule has 1 heterocycles. The molecule has 2 N–H and O–H groups in total. The molecule has 2 nitrogen and oxygen atoms in total. The predicted molar refractivity (Wildman–Crippen MR) is 64.8 cm³/mol. The average Bonchev–Trinajstić information content (AvgIpc) is 2.62. The molecule has 2 aliphatic rings. The first kappa shape index (κ1) is 11.4. The number of hydrogen-bond donors (Lipinski definition) is 1. The Morgan fingerprint density at radius 1 is 1.13 bits per heavy atom. The van der Waals surface area contributed by atoms with Crippen LogP contribution in [0.15, 0.2) is 0 Å². The Kier molecular flexibility index (Phi) is 4.04. The smallest absolute Gasteiger partial charge is 0.0121 e. The fourth-order valence-electron chi connectivity index (χ4n) is 3.37. The Labute approximate surface area is 94.2 Å². The van der Waals surface area contributed by atoms with Crippen LogP contribution in [0, 0.1) is 11.8 Å². The SMILES string of the molecule is CC1CCCCCC1N1CCC(CN)C1. The molecule has 0 aromatic carbocycles. The van der Waals surface area contributed by atoms with Gasteiger partial charge in [0.15, 0.2) is 0 Å². The van der Waals surface area contributed by atoms with Crippen LogP contribution in [0.1, 0.15) is 45.4 Å². The molecule has 0 radical (unpaired) electrons. The highest BCUT2D eigenvalue weighted by Gasteiger charge is 2.31. The lowest BCUT2D eigenvalue weighted by Crippen LogP contribution is -2.38. The summed E-state index contributed by atoms with van der Waals surface area (Å²) in [5, 5.41) is 0. The average molecular weight is 210 g/mol. The van der Waals surface area contributed by atoms with Crippen LogP contribution in [0.25, 0.3) is 0 Å². The standard InChI is InChI=1S/C13H26N2/c1-11-5-3-2-4-6-13(11)15-8-7-12(9-14)10-15/h11-13H,2-10,14H2,1H3. The second kappa shape index (κ2) is 5.31. The summed E-state index contributed by atoms with van der Waals surface area (Å²) in [6.45, 7) is 5.91. The highest BCUT2D eigenvalue weighted by Crippen LogP contribution is 2.30. The van der Waals surface area contributed by atoms with Crippen molar-refractivity contribution in [3.8, 4) is 0 Å². The van der Waals surface area contributed by atoms with Gasteiger partial charge in [-0.25, -0.2) is 0 Å². The zero-order valence-electron chi connectivity index (χ0n) is 10.1. The normalized spacial score (nSPS) is 39.2. The topological polar surface area (TPSA) is 29.3 Å². The molecule has 0 spiro atoms. The third-order valence-corrected chi connectivity index (χ3v) is 4.44. The van der Waals surface area contributed by atoms with Gasteiger partial charge in [-0.05, 0) is 44.2 Å². The first-order valence-electron chi connectivity index (χ1n) is 6.75. The lowest BCUT2D eigenvalue weighted by Gasteiger charge is -2.31. The number of nitrogens with two attached hydrogens (primary N) is 1. The molecule has 1 aliphatic heterocycles. The molecule has 2 rings (SSSR count). The highest BCUT2D eigenvalue weighted by molar-refractivity contribution is 4.85. The second-order valence-corrected chi connectivity index (χ2v) is 5.57. The number of hydrogen-bond acceptors (Lipinski definition) is 2. The molecule has 2 heteroatoms. The summed E-state index contributed by atoms with van der Waals surface area (Å²) >= 11 is 0. The van der Waals surface area contributed by atoms with E-state index in [1.807, 2.05) is 0 Å². The molecule has 0 aromatic rings. The van der Waals surface area contributed by atoms with E-state index in [-0.39, 0.29) is 0 Å². The van der Waals surface area contributed by atoms with E-state index >= 15 is 0 Å². The summed E-state index contributed by atoms with van der Waals surface area (Å²) in [4.78, 5) is 2.73. The van der Waals surface area contributed by atoms with E-state index in [9.17, 15) is 0 Å². The van der Waals surface area contributed by atoms with E-state index in [2.05, 4.69) is 11.8 Å². The van der Waals surface area contributed by atoms with Crippen molar-refractivity contribution in [3.05, 3.63) is 0 Å². The third-order valence-electron chi connectivity index (χ3n) is 4.44. The van der Waals surface area contributed by atoms with Crippen molar-refractivity contribution in [1.82, 2.24) is 4.90 Å². The molecule has 0 aromatic heterocycles. The van der Waals surface area contributed by atoms with Crippen molar-refractivity contribution in [2.45, 2.75) is 51.5 Å². The van der Waals surface area contributed by atoms with Crippen LogP contribution in [0.4, 0.5) is 0 Å². The van der Waals surface area contributed by atoms with Gasteiger partial charge in [-0.1, -0.05) is 26.2 Å². The summed E-state index contributed by atoms with van der Waals surface area (Å²) < 4.78 is 0. The molecule has 2 fully saturated rings. The Balaban J connectivity index is 1.90. The molecular formula is C13H26N2. The molecule has 88 valence electrons. The van der Waals surface area contributed by atoms with Crippen LogP contribution < -0.4 is 5.73 Å². The zero-order valence-corrected chi connectivity index (χ0v) is 10.1. The maximum Gasteiger partial charge on any atom is 0.0121 e. The lowest BCUT2D eigenvalue weighted by atomic mass is 9.95. The van der Waals surface area contributed by atoms with Crippen molar-refractivity contribution < 1.29 is 0 Å². The van der Waals surface area contributed by atoms with E-state index in [1.54, 1.807) is 0 Å². The molecule has 0 bridgehead atoms. The molecule has 3 atom stereocenters. The van der Waals surface area contributed by atoms with Crippen LogP contribution in [0.3, 0.4) is 0 Å². The Morgan fingerprint density at radius 2 is 1.93 bits per heavy atom. The van der Waals surface area contributed by atoms with Gasteiger partial charge in [-0.2, -0.15) is 0 Å². The Bertz CT molecular complexity index is 193. The number of nitrogens with zero attached hydrogens (tertiary/aromatic N) is 1. The van der Waals surface area contributed by atoms with Gasteiger partial charge in [0.1, 0.15) is 0 Å². The molecular weight excluding hydrogens is 184 g/mol. The number of rotatable bonds is 2. The summed E-state index contributed by atoms with van der Waals surface area (Å²) in [5.41, 5.74) is 5.76. The van der Waals surface area contributed by atoms with Gasteiger partial charge in [-0.15, -0.1) is 0 Å². The van der Waals surface area contributed by atoms with Gasteiger partial charge in [0.2, 0.25) is 0 Å². The van der Waals surface area contributed by atoms with Gasteiger partial charge in [-0.3, -0.25) is 4.90 Å². The van der Waals surface area contributed by atoms with Gasteiger partial charge in [0, 0.05) is 12.6 Å². The molecule has 15 heavy (non-hydrogen) atoms. The molecule has 3 unspecified atom stereocenters. The van der Waals surface area contributed by atoms with Gasteiger partial charge in [0.05, 0.1) is 0 Å². The van der Waals surface area contributed by atoms with Crippen molar-refractivity contribution in [2.75, 3.05) is 19.6 Å². The molecule has 0 amide bonds. The van der Waals surface area contributed by atoms with E-state index in [0.717, 1.165) is 24.4 Å². The Hall–Kier alpha value is -0.0800. The van der Waals surface area contributed by atoms with Gasteiger partial charge >= 0.3 is 0 Å². The van der Waals surface area contributed by atoms with Crippen LogP contribution in [-0.2, 0) is 0 Å². The second-order valence-electron chi connectivity index (χ2n) is 5.57. The largest absolute Gasteiger partial charge is 0.330 e. The fraction of sp³-hybridized carbons (Fsp3) is 1.00. The van der Waals surface area contributed by atoms with Crippen molar-refractivity contribution in [2.24, 2.45) is 17.6 Å². The quantitative estimate of drug-likeness (QED) is 0.708. The lowest BCUT2D eigenvalue weighted by molar-refractivity contribution is 0.168. The van der Waals surface area contributed by atoms with Crippen LogP contribution in [-0.4, -0.2) is 30.6 Å². The minimum absolute atomic E-state index is 0.778. The van der Waals surface area contributed by atoms with Crippen molar-refractivity contribution in [3.63, 3.8) is 0 Å². The first-order valence-corrected chi connectivity index (χ1v) is 6.75. The minimum Gasteiger partial charge on any atom is -0.330 e. The molecule has 1 aliphatic carbocycles. The van der Waals surface area contributed by atoms with E-state index in [4.69, 9.17) is 5.73 Å². The van der Waals surface area contributed by atoms with Crippen LogP contribution in [0.2, 0.25) is 0 Å². The summed E-state index contributed by atoms with van der Waals surface area (Å²) in [5.74, 6) is 1.68. The van der Waals surface area contributed by atoms with Gasteiger partial charge in [0.25, 0.3) is 0 Å². The summed E-state index contributed by atoms with van der Waals surface area (Å²) in [7, 11) is 0.